The third-order valence-electron chi connectivity index (χ3n) is 1.46. The molecule has 0 bridgehead atoms. The Kier molecular flexibility index (Phi) is 5.14. The minimum absolute atomic E-state index is 0.0596. The van der Waals surface area contributed by atoms with Crippen molar-refractivity contribution >= 4 is 5.91 Å². The summed E-state index contributed by atoms with van der Waals surface area (Å²) < 4.78 is 0. The number of carbonyl (C=O) groups excluding carboxylic acids is 1. The molecule has 0 aliphatic heterocycles. The lowest BCUT2D eigenvalue weighted by atomic mass is 10.3. The molecule has 4 nitrogen and oxygen atoms in total. The van der Waals surface area contributed by atoms with E-state index in [2.05, 4.69) is 5.32 Å². The van der Waals surface area contributed by atoms with Crippen molar-refractivity contribution in [2.24, 2.45) is 0 Å². The quantitative estimate of drug-likeness (QED) is 0.605. The highest BCUT2D eigenvalue weighted by Gasteiger charge is 2.00. The molecule has 1 atom stereocenters. The molecule has 0 heterocycles. The van der Waals surface area contributed by atoms with Gasteiger partial charge in [-0.1, -0.05) is 0 Å². The van der Waals surface area contributed by atoms with Gasteiger partial charge < -0.3 is 15.3 Å². The van der Waals surface area contributed by atoms with E-state index in [0.717, 1.165) is 5.70 Å². The number of aliphatic hydroxyl groups excluding tert-OH is 1. The minimum atomic E-state index is -0.405. The fraction of sp³-hybridized carbons (Fsp3) is 0.667. The number of nitrogens with zero attached hydrogens (tertiary/aromatic N) is 1. The van der Waals surface area contributed by atoms with E-state index in [1.165, 1.54) is 11.0 Å². The summed E-state index contributed by atoms with van der Waals surface area (Å²) >= 11 is 0. The average molecular weight is 186 g/mol. The molecule has 0 spiro atoms. The Balaban J connectivity index is 3.95. The second kappa shape index (κ2) is 5.59. The third-order valence-corrected chi connectivity index (χ3v) is 1.46. The third kappa shape index (κ3) is 6.16. The SMILES string of the molecule is C/C(=C/C(=O)N(C)C)NCC(C)O. The molecule has 0 aliphatic carbocycles. The van der Waals surface area contributed by atoms with E-state index in [1.54, 1.807) is 27.9 Å². The van der Waals surface area contributed by atoms with Crippen molar-refractivity contribution in [3.8, 4) is 0 Å². The van der Waals surface area contributed by atoms with Crippen molar-refractivity contribution < 1.29 is 9.90 Å². The molecule has 0 aromatic heterocycles. The maximum atomic E-state index is 11.1. The molecule has 0 aromatic rings. The number of nitrogens with one attached hydrogen (secondary N) is 1. The van der Waals surface area contributed by atoms with Crippen LogP contribution in [0.5, 0.6) is 0 Å². The predicted molar refractivity (Wildman–Crippen MR) is 52.1 cm³/mol. The van der Waals surface area contributed by atoms with Crippen molar-refractivity contribution in [1.82, 2.24) is 10.2 Å². The van der Waals surface area contributed by atoms with Gasteiger partial charge in [-0.05, 0) is 13.8 Å². The van der Waals surface area contributed by atoms with Crippen LogP contribution in [0.25, 0.3) is 0 Å². The Morgan fingerprint density at radius 1 is 1.62 bits per heavy atom. The van der Waals surface area contributed by atoms with E-state index >= 15 is 0 Å². The number of amides is 1. The second-order valence-corrected chi connectivity index (χ2v) is 3.29. The number of aliphatic hydroxyl groups is 1. The van der Waals surface area contributed by atoms with Gasteiger partial charge >= 0.3 is 0 Å². The zero-order chi connectivity index (χ0) is 10.4. The maximum Gasteiger partial charge on any atom is 0.247 e. The molecule has 0 saturated heterocycles. The summed E-state index contributed by atoms with van der Waals surface area (Å²) in [4.78, 5) is 12.6. The molecule has 0 saturated carbocycles. The fourth-order valence-electron chi connectivity index (χ4n) is 0.674. The van der Waals surface area contributed by atoms with E-state index < -0.39 is 6.10 Å². The first-order valence-electron chi connectivity index (χ1n) is 4.25. The molecule has 2 N–H and O–H groups in total. The van der Waals surface area contributed by atoms with Gasteiger partial charge in [-0.25, -0.2) is 0 Å². The summed E-state index contributed by atoms with van der Waals surface area (Å²) in [5.41, 5.74) is 0.764. The molecule has 76 valence electrons. The van der Waals surface area contributed by atoms with Crippen LogP contribution in [-0.4, -0.2) is 42.7 Å². The van der Waals surface area contributed by atoms with Crippen molar-refractivity contribution in [3.05, 3.63) is 11.8 Å². The number of carbonyl (C=O) groups is 1. The van der Waals surface area contributed by atoms with E-state index in [0.29, 0.717) is 6.54 Å². The van der Waals surface area contributed by atoms with Crippen molar-refractivity contribution in [2.45, 2.75) is 20.0 Å². The fourth-order valence-corrected chi connectivity index (χ4v) is 0.674. The molecule has 0 aliphatic rings. The summed E-state index contributed by atoms with van der Waals surface area (Å²) in [6.07, 6.45) is 1.10. The first kappa shape index (κ1) is 12.0. The van der Waals surface area contributed by atoms with Crippen LogP contribution >= 0.6 is 0 Å². The van der Waals surface area contributed by atoms with E-state index in [4.69, 9.17) is 5.11 Å². The average Bonchev–Trinajstić information content (AvgIpc) is 2.00. The molecular formula is C9H18N2O2. The van der Waals surface area contributed by atoms with Crippen LogP contribution < -0.4 is 5.32 Å². The van der Waals surface area contributed by atoms with Gasteiger partial charge in [-0.3, -0.25) is 4.79 Å². The Hall–Kier alpha value is -1.03. The lowest BCUT2D eigenvalue weighted by Crippen LogP contribution is -2.25. The largest absolute Gasteiger partial charge is 0.392 e. The highest BCUT2D eigenvalue weighted by molar-refractivity contribution is 5.87. The number of likely N-dealkylation sites (N-methyl/N-ethyl adjacent to an activating group) is 1. The number of hydrogen-bond acceptors (Lipinski definition) is 3. The normalized spacial score (nSPS) is 13.8. The van der Waals surface area contributed by atoms with E-state index in [1.807, 2.05) is 0 Å². The van der Waals surface area contributed by atoms with Gasteiger partial charge in [0.25, 0.3) is 0 Å². The molecule has 0 fully saturated rings. The lowest BCUT2D eigenvalue weighted by molar-refractivity contribution is -0.123. The zero-order valence-electron chi connectivity index (χ0n) is 8.66. The van der Waals surface area contributed by atoms with Gasteiger partial charge in [0.05, 0.1) is 6.10 Å². The Labute approximate surface area is 79.2 Å². The first-order valence-corrected chi connectivity index (χ1v) is 4.25. The Morgan fingerprint density at radius 3 is 2.54 bits per heavy atom. The molecular weight excluding hydrogens is 168 g/mol. The second-order valence-electron chi connectivity index (χ2n) is 3.29. The summed E-state index contributed by atoms with van der Waals surface area (Å²) in [7, 11) is 3.39. The molecule has 1 unspecified atom stereocenters. The summed E-state index contributed by atoms with van der Waals surface area (Å²) in [5.74, 6) is -0.0596. The van der Waals surface area contributed by atoms with Crippen molar-refractivity contribution in [3.63, 3.8) is 0 Å². The summed E-state index contributed by atoms with van der Waals surface area (Å²) in [5, 5.41) is 11.9. The van der Waals surface area contributed by atoms with Gasteiger partial charge in [-0.15, -0.1) is 0 Å². The molecule has 1 amide bonds. The Morgan fingerprint density at radius 2 is 2.15 bits per heavy atom. The van der Waals surface area contributed by atoms with Gasteiger partial charge in [0, 0.05) is 32.4 Å². The zero-order valence-corrected chi connectivity index (χ0v) is 8.66. The highest BCUT2D eigenvalue weighted by atomic mass is 16.3. The Bertz CT molecular complexity index is 198. The molecule has 13 heavy (non-hydrogen) atoms. The summed E-state index contributed by atoms with van der Waals surface area (Å²) in [6, 6.07) is 0. The van der Waals surface area contributed by atoms with Gasteiger partial charge in [0.1, 0.15) is 0 Å². The van der Waals surface area contributed by atoms with Gasteiger partial charge in [-0.2, -0.15) is 0 Å². The predicted octanol–water partition coefficient (Wildman–Crippen LogP) is -0.0512. The lowest BCUT2D eigenvalue weighted by Gasteiger charge is -2.10. The van der Waals surface area contributed by atoms with Crippen LogP contribution in [0, 0.1) is 0 Å². The highest BCUT2D eigenvalue weighted by Crippen LogP contribution is 1.90. The van der Waals surface area contributed by atoms with E-state index in [9.17, 15) is 4.79 Å². The standard InChI is InChI=1S/C9H18N2O2/c1-7(10-6-8(2)12)5-9(13)11(3)4/h5,8,10,12H,6H2,1-4H3/b7-5-. The molecule has 0 aromatic carbocycles. The first-order chi connectivity index (χ1) is 5.93. The molecule has 0 rings (SSSR count). The number of rotatable bonds is 4. The van der Waals surface area contributed by atoms with Crippen LogP contribution in [0.4, 0.5) is 0 Å². The van der Waals surface area contributed by atoms with Crippen LogP contribution in [-0.2, 0) is 4.79 Å². The molecule has 0 radical (unpaired) electrons. The monoisotopic (exact) mass is 186 g/mol. The maximum absolute atomic E-state index is 11.1. The van der Waals surface area contributed by atoms with Crippen LogP contribution in [0.2, 0.25) is 0 Å². The minimum Gasteiger partial charge on any atom is -0.392 e. The number of allylic oxidation sites excluding steroid dienone is 1. The van der Waals surface area contributed by atoms with Gasteiger partial charge in [0.2, 0.25) is 5.91 Å². The summed E-state index contributed by atoms with van der Waals surface area (Å²) in [6.45, 7) is 3.95. The van der Waals surface area contributed by atoms with Crippen LogP contribution in [0.1, 0.15) is 13.8 Å². The van der Waals surface area contributed by atoms with Crippen LogP contribution in [0.3, 0.4) is 0 Å². The smallest absolute Gasteiger partial charge is 0.247 e. The molecule has 4 heteroatoms. The topological polar surface area (TPSA) is 52.6 Å². The van der Waals surface area contributed by atoms with Gasteiger partial charge in [0.15, 0.2) is 0 Å². The van der Waals surface area contributed by atoms with Crippen molar-refractivity contribution in [1.29, 1.82) is 0 Å². The van der Waals surface area contributed by atoms with Crippen molar-refractivity contribution in [2.75, 3.05) is 20.6 Å². The number of hydrogen-bond donors (Lipinski definition) is 2. The van der Waals surface area contributed by atoms with E-state index in [-0.39, 0.29) is 5.91 Å². The van der Waals surface area contributed by atoms with Crippen LogP contribution in [0.15, 0.2) is 11.8 Å².